The smallest absolute Gasteiger partial charge is 0.278 e. The summed E-state index contributed by atoms with van der Waals surface area (Å²) in [5, 5.41) is 3.11. The van der Waals surface area contributed by atoms with Crippen molar-refractivity contribution in [1.29, 1.82) is 0 Å². The van der Waals surface area contributed by atoms with Gasteiger partial charge in [0.15, 0.2) is 0 Å². The molecule has 0 aromatic heterocycles. The average molecular weight is 385 g/mol. The van der Waals surface area contributed by atoms with Crippen LogP contribution in [0.2, 0.25) is 5.02 Å². The second-order valence-corrected chi connectivity index (χ2v) is 8.20. The van der Waals surface area contributed by atoms with Crippen molar-refractivity contribution < 1.29 is 13.2 Å². The van der Waals surface area contributed by atoms with Crippen molar-refractivity contribution in [3.05, 3.63) is 52.5 Å². The number of carbonyl (C=O) groups excluding carboxylic acids is 1. The number of hydrogen-bond acceptors (Lipinski definition) is 3. The Labute approximate surface area is 150 Å². The van der Waals surface area contributed by atoms with E-state index in [2.05, 4.69) is 5.32 Å². The number of anilines is 2. The molecule has 1 aliphatic heterocycles. The highest BCUT2D eigenvalue weighted by Gasteiger charge is 2.27. The van der Waals surface area contributed by atoms with Crippen LogP contribution in [-0.4, -0.2) is 14.3 Å². The monoisotopic (exact) mass is 384 g/mol. The molecular formula is C16H14Cl2N2O3S. The van der Waals surface area contributed by atoms with E-state index in [1.807, 2.05) is 0 Å². The lowest BCUT2D eigenvalue weighted by atomic mass is 10.0. The van der Waals surface area contributed by atoms with Gasteiger partial charge in [-0.15, -0.1) is 0 Å². The SMILES string of the molecule is Cc1c(Cl)cccc1N(Cl)S(=O)(=O)c1ccc2c(c1)NC(=O)CC2. The number of halogens is 2. The normalized spacial score (nSPS) is 14.0. The average Bonchev–Trinajstić information content (AvgIpc) is 2.56. The zero-order chi connectivity index (χ0) is 17.5. The highest BCUT2D eigenvalue weighted by atomic mass is 35.5. The molecule has 0 radical (unpaired) electrons. The number of carbonyl (C=O) groups is 1. The number of benzene rings is 2. The van der Waals surface area contributed by atoms with Crippen LogP contribution in [0, 0.1) is 6.92 Å². The molecule has 1 amide bonds. The molecule has 24 heavy (non-hydrogen) atoms. The standard InChI is InChI=1S/C16H14Cl2N2O3S/c1-10-13(17)3-2-4-15(10)20(18)24(22,23)12-7-5-11-6-8-16(21)19-14(11)9-12/h2-5,7,9H,6,8H2,1H3,(H,19,21). The van der Waals surface area contributed by atoms with Gasteiger partial charge in [0.05, 0.1) is 10.6 Å². The van der Waals surface area contributed by atoms with E-state index < -0.39 is 10.0 Å². The number of sulfonamides is 1. The summed E-state index contributed by atoms with van der Waals surface area (Å²) in [5.41, 5.74) is 2.24. The van der Waals surface area contributed by atoms with Gasteiger partial charge in [0.1, 0.15) is 0 Å². The molecule has 0 fully saturated rings. The molecule has 126 valence electrons. The lowest BCUT2D eigenvalue weighted by molar-refractivity contribution is -0.116. The Hall–Kier alpha value is -1.76. The Balaban J connectivity index is 2.03. The molecule has 0 atom stereocenters. The van der Waals surface area contributed by atoms with E-state index in [-0.39, 0.29) is 16.5 Å². The maximum Gasteiger partial charge on any atom is 0.278 e. The van der Waals surface area contributed by atoms with E-state index in [0.29, 0.717) is 32.9 Å². The quantitative estimate of drug-likeness (QED) is 0.816. The van der Waals surface area contributed by atoms with Crippen LogP contribution in [0.1, 0.15) is 17.5 Å². The molecule has 3 rings (SSSR count). The van der Waals surface area contributed by atoms with Gasteiger partial charge in [0, 0.05) is 28.9 Å². The molecule has 2 aromatic rings. The molecule has 0 saturated heterocycles. The van der Waals surface area contributed by atoms with Gasteiger partial charge in [-0.2, -0.15) is 12.2 Å². The van der Waals surface area contributed by atoms with Crippen LogP contribution >= 0.6 is 23.4 Å². The zero-order valence-electron chi connectivity index (χ0n) is 12.7. The van der Waals surface area contributed by atoms with Gasteiger partial charge in [-0.05, 0) is 48.7 Å². The van der Waals surface area contributed by atoms with Crippen LogP contribution in [0.3, 0.4) is 0 Å². The highest BCUT2D eigenvalue weighted by Crippen LogP contribution is 2.34. The van der Waals surface area contributed by atoms with E-state index in [1.54, 1.807) is 31.2 Å². The fraction of sp³-hybridized carbons (Fsp3) is 0.188. The van der Waals surface area contributed by atoms with Crippen molar-refractivity contribution in [2.45, 2.75) is 24.7 Å². The summed E-state index contributed by atoms with van der Waals surface area (Å²) in [6.07, 6.45) is 0.974. The van der Waals surface area contributed by atoms with Gasteiger partial charge in [-0.3, -0.25) is 4.79 Å². The van der Waals surface area contributed by atoms with E-state index in [1.165, 1.54) is 12.1 Å². The first-order chi connectivity index (χ1) is 11.3. The summed E-state index contributed by atoms with van der Waals surface area (Å²) in [6, 6.07) is 9.47. The van der Waals surface area contributed by atoms with Gasteiger partial charge in [0.25, 0.3) is 10.0 Å². The molecule has 1 N–H and O–H groups in total. The van der Waals surface area contributed by atoms with Crippen LogP contribution in [-0.2, 0) is 21.2 Å². The summed E-state index contributed by atoms with van der Waals surface area (Å²) in [6.45, 7) is 1.69. The third kappa shape index (κ3) is 2.97. The second kappa shape index (κ2) is 6.27. The van der Waals surface area contributed by atoms with Crippen molar-refractivity contribution in [2.75, 3.05) is 9.14 Å². The number of nitrogens with one attached hydrogen (secondary N) is 1. The number of nitrogens with zero attached hydrogens (tertiary/aromatic N) is 1. The number of aryl methyl sites for hydroxylation is 1. The summed E-state index contributed by atoms with van der Waals surface area (Å²) in [7, 11) is -3.99. The van der Waals surface area contributed by atoms with Gasteiger partial charge >= 0.3 is 0 Å². The predicted octanol–water partition coefficient (Wildman–Crippen LogP) is 3.88. The largest absolute Gasteiger partial charge is 0.326 e. The molecule has 1 heterocycles. The molecule has 0 aliphatic carbocycles. The summed E-state index contributed by atoms with van der Waals surface area (Å²) < 4.78 is 26.3. The molecule has 0 unspecified atom stereocenters. The Morgan fingerprint density at radius 2 is 1.92 bits per heavy atom. The predicted molar refractivity (Wildman–Crippen MR) is 95.1 cm³/mol. The van der Waals surface area contributed by atoms with Crippen molar-refractivity contribution in [3.63, 3.8) is 0 Å². The Morgan fingerprint density at radius 1 is 1.17 bits per heavy atom. The lowest BCUT2D eigenvalue weighted by Crippen LogP contribution is -2.24. The van der Waals surface area contributed by atoms with Crippen LogP contribution in [0.15, 0.2) is 41.3 Å². The number of rotatable bonds is 3. The van der Waals surface area contributed by atoms with Gasteiger partial charge < -0.3 is 5.32 Å². The molecule has 0 spiro atoms. The maximum atomic E-state index is 12.8. The Bertz CT molecular complexity index is 929. The third-order valence-corrected chi connectivity index (χ3v) is 6.52. The highest BCUT2D eigenvalue weighted by molar-refractivity contribution is 7.94. The molecule has 8 heteroatoms. The molecular weight excluding hydrogens is 371 g/mol. The Morgan fingerprint density at radius 3 is 2.67 bits per heavy atom. The van der Waals surface area contributed by atoms with Crippen LogP contribution in [0.4, 0.5) is 11.4 Å². The summed E-state index contributed by atoms with van der Waals surface area (Å²) in [4.78, 5) is 11.5. The first-order valence-electron chi connectivity index (χ1n) is 7.19. The van der Waals surface area contributed by atoms with Crippen LogP contribution in [0.25, 0.3) is 0 Å². The number of amides is 1. The van der Waals surface area contributed by atoms with E-state index in [0.717, 1.165) is 5.56 Å². The minimum Gasteiger partial charge on any atom is -0.326 e. The van der Waals surface area contributed by atoms with Gasteiger partial charge in [-0.1, -0.05) is 23.7 Å². The maximum absolute atomic E-state index is 12.8. The Kier molecular flexibility index (Phi) is 4.46. The summed E-state index contributed by atoms with van der Waals surface area (Å²) in [5.74, 6) is -0.134. The van der Waals surface area contributed by atoms with Crippen molar-refractivity contribution in [2.24, 2.45) is 0 Å². The molecule has 2 aromatic carbocycles. The minimum absolute atomic E-state index is 0.00201. The van der Waals surface area contributed by atoms with E-state index in [9.17, 15) is 13.2 Å². The topological polar surface area (TPSA) is 66.5 Å². The first kappa shape index (κ1) is 17.1. The fourth-order valence-electron chi connectivity index (χ4n) is 2.52. The van der Waals surface area contributed by atoms with Crippen molar-refractivity contribution >= 4 is 50.7 Å². The van der Waals surface area contributed by atoms with Gasteiger partial charge in [-0.25, -0.2) is 0 Å². The molecule has 0 saturated carbocycles. The van der Waals surface area contributed by atoms with Gasteiger partial charge in [0.2, 0.25) is 5.91 Å². The van der Waals surface area contributed by atoms with E-state index >= 15 is 0 Å². The number of fused-ring (bicyclic) bond motifs is 1. The molecule has 0 bridgehead atoms. The first-order valence-corrected chi connectivity index (χ1v) is 9.35. The fourth-order valence-corrected chi connectivity index (χ4v) is 4.26. The minimum atomic E-state index is -3.99. The summed E-state index contributed by atoms with van der Waals surface area (Å²) >= 11 is 12.2. The van der Waals surface area contributed by atoms with Crippen LogP contribution < -0.4 is 9.14 Å². The van der Waals surface area contributed by atoms with Crippen molar-refractivity contribution in [1.82, 2.24) is 0 Å². The number of hydrogen-bond donors (Lipinski definition) is 1. The lowest BCUT2D eigenvalue weighted by Gasteiger charge is -2.21. The second-order valence-electron chi connectivity index (χ2n) is 5.47. The zero-order valence-corrected chi connectivity index (χ0v) is 15.0. The van der Waals surface area contributed by atoms with E-state index in [4.69, 9.17) is 23.4 Å². The van der Waals surface area contributed by atoms with Crippen LogP contribution in [0.5, 0.6) is 0 Å². The van der Waals surface area contributed by atoms with Crippen molar-refractivity contribution in [3.8, 4) is 0 Å². The molecule has 1 aliphatic rings. The molecule has 5 nitrogen and oxygen atoms in total. The third-order valence-electron chi connectivity index (χ3n) is 3.91.